The Morgan fingerprint density at radius 2 is 2.47 bits per heavy atom. The maximum atomic E-state index is 11.8. The third kappa shape index (κ3) is 2.76. The summed E-state index contributed by atoms with van der Waals surface area (Å²) in [6.45, 7) is 0. The summed E-state index contributed by atoms with van der Waals surface area (Å²) in [4.78, 5) is 15.8. The van der Waals surface area contributed by atoms with Gasteiger partial charge in [-0.05, 0) is 35.2 Å². The number of halogens is 1. The van der Waals surface area contributed by atoms with Gasteiger partial charge in [-0.2, -0.15) is 0 Å². The number of carbonyl (C=O) groups is 1. The van der Waals surface area contributed by atoms with Crippen molar-refractivity contribution in [2.24, 2.45) is 11.7 Å². The zero-order valence-electron chi connectivity index (χ0n) is 8.07. The Labute approximate surface area is 100 Å². The Morgan fingerprint density at radius 3 is 3.00 bits per heavy atom. The van der Waals surface area contributed by atoms with Gasteiger partial charge in [-0.15, -0.1) is 0 Å². The van der Waals surface area contributed by atoms with Crippen LogP contribution in [0, 0.1) is 5.92 Å². The molecule has 1 saturated carbocycles. The minimum Gasteiger partial charge on any atom is -0.328 e. The van der Waals surface area contributed by atoms with Gasteiger partial charge in [-0.3, -0.25) is 4.79 Å². The van der Waals surface area contributed by atoms with E-state index in [1.807, 2.05) is 0 Å². The van der Waals surface area contributed by atoms with Gasteiger partial charge in [0.15, 0.2) is 5.13 Å². The highest BCUT2D eigenvalue weighted by Crippen LogP contribution is 2.27. The number of hydrogen-bond acceptors (Lipinski definition) is 4. The summed E-state index contributed by atoms with van der Waals surface area (Å²) >= 11 is 4.72. The van der Waals surface area contributed by atoms with E-state index in [1.54, 1.807) is 6.20 Å². The predicted molar refractivity (Wildman–Crippen MR) is 63.8 cm³/mol. The van der Waals surface area contributed by atoms with Crippen LogP contribution in [0.5, 0.6) is 0 Å². The molecule has 0 radical (unpaired) electrons. The molecule has 2 atom stereocenters. The van der Waals surface area contributed by atoms with Gasteiger partial charge in [0, 0.05) is 12.0 Å². The van der Waals surface area contributed by atoms with Gasteiger partial charge in [0.05, 0.1) is 9.98 Å². The molecule has 15 heavy (non-hydrogen) atoms. The van der Waals surface area contributed by atoms with Gasteiger partial charge in [0.25, 0.3) is 0 Å². The standard InChI is InChI=1S/C9H12BrN3OS/c10-7-4-12-9(15-7)13-8(14)5-1-2-6(11)3-5/h4-6H,1-3,11H2,(H,12,13,14). The molecule has 1 aliphatic rings. The Balaban J connectivity index is 1.92. The van der Waals surface area contributed by atoms with E-state index >= 15 is 0 Å². The van der Waals surface area contributed by atoms with Gasteiger partial charge in [0.1, 0.15) is 0 Å². The van der Waals surface area contributed by atoms with E-state index in [0.717, 1.165) is 23.0 Å². The summed E-state index contributed by atoms with van der Waals surface area (Å²) in [6.07, 6.45) is 4.30. The third-order valence-corrected chi connectivity index (χ3v) is 3.94. The highest BCUT2D eigenvalue weighted by atomic mass is 79.9. The molecule has 1 aliphatic carbocycles. The molecule has 1 aromatic rings. The molecule has 6 heteroatoms. The van der Waals surface area contributed by atoms with Crippen LogP contribution in [0.3, 0.4) is 0 Å². The van der Waals surface area contributed by atoms with Crippen LogP contribution in [0.2, 0.25) is 0 Å². The number of aromatic nitrogens is 1. The number of hydrogen-bond donors (Lipinski definition) is 2. The number of amides is 1. The summed E-state index contributed by atoms with van der Waals surface area (Å²) in [5, 5.41) is 3.45. The largest absolute Gasteiger partial charge is 0.328 e. The van der Waals surface area contributed by atoms with E-state index in [0.29, 0.717) is 5.13 Å². The van der Waals surface area contributed by atoms with Gasteiger partial charge < -0.3 is 11.1 Å². The SMILES string of the molecule is NC1CCC(C(=O)Nc2ncc(Br)s2)C1. The number of thiazole rings is 1. The van der Waals surface area contributed by atoms with E-state index in [4.69, 9.17) is 5.73 Å². The highest BCUT2D eigenvalue weighted by Gasteiger charge is 2.28. The van der Waals surface area contributed by atoms with Crippen molar-refractivity contribution in [1.82, 2.24) is 4.98 Å². The van der Waals surface area contributed by atoms with Crippen molar-refractivity contribution in [3.8, 4) is 0 Å². The van der Waals surface area contributed by atoms with Crippen LogP contribution in [-0.4, -0.2) is 16.9 Å². The second kappa shape index (κ2) is 4.59. The lowest BCUT2D eigenvalue weighted by Gasteiger charge is -2.07. The summed E-state index contributed by atoms with van der Waals surface area (Å²) in [5.41, 5.74) is 5.76. The predicted octanol–water partition coefficient (Wildman–Crippen LogP) is 1.97. The molecule has 3 N–H and O–H groups in total. The quantitative estimate of drug-likeness (QED) is 0.875. The summed E-state index contributed by atoms with van der Waals surface area (Å²) in [7, 11) is 0. The topological polar surface area (TPSA) is 68.0 Å². The van der Waals surface area contributed by atoms with Crippen molar-refractivity contribution in [1.29, 1.82) is 0 Å². The zero-order valence-corrected chi connectivity index (χ0v) is 10.5. The molecule has 2 rings (SSSR count). The number of nitrogens with zero attached hydrogens (tertiary/aromatic N) is 1. The van der Waals surface area contributed by atoms with Crippen molar-refractivity contribution in [2.75, 3.05) is 5.32 Å². The first kappa shape index (κ1) is 11.0. The average Bonchev–Trinajstić information content (AvgIpc) is 2.75. The summed E-state index contributed by atoms with van der Waals surface area (Å²) < 4.78 is 0.918. The van der Waals surface area contributed by atoms with Crippen molar-refractivity contribution in [3.63, 3.8) is 0 Å². The molecular weight excluding hydrogens is 278 g/mol. The van der Waals surface area contributed by atoms with E-state index in [2.05, 4.69) is 26.2 Å². The molecule has 2 unspecified atom stereocenters. The monoisotopic (exact) mass is 289 g/mol. The Morgan fingerprint density at radius 1 is 1.67 bits per heavy atom. The normalized spacial score (nSPS) is 25.5. The first-order valence-electron chi connectivity index (χ1n) is 4.83. The maximum Gasteiger partial charge on any atom is 0.229 e. The number of carbonyl (C=O) groups excluding carboxylic acids is 1. The fourth-order valence-electron chi connectivity index (χ4n) is 1.77. The Kier molecular flexibility index (Phi) is 3.38. The third-order valence-electron chi connectivity index (χ3n) is 2.55. The highest BCUT2D eigenvalue weighted by molar-refractivity contribution is 9.11. The first-order chi connectivity index (χ1) is 7.15. The van der Waals surface area contributed by atoms with Crippen molar-refractivity contribution in [2.45, 2.75) is 25.3 Å². The number of rotatable bonds is 2. The van der Waals surface area contributed by atoms with Crippen molar-refractivity contribution < 1.29 is 4.79 Å². The number of nitrogens with one attached hydrogen (secondary N) is 1. The van der Waals surface area contributed by atoms with E-state index in [1.165, 1.54) is 11.3 Å². The fraction of sp³-hybridized carbons (Fsp3) is 0.556. The average molecular weight is 290 g/mol. The molecular formula is C9H12BrN3OS. The van der Waals surface area contributed by atoms with E-state index in [-0.39, 0.29) is 17.9 Å². The van der Waals surface area contributed by atoms with Crippen LogP contribution in [0.4, 0.5) is 5.13 Å². The van der Waals surface area contributed by atoms with Gasteiger partial charge in [-0.25, -0.2) is 4.98 Å². The molecule has 1 fully saturated rings. The van der Waals surface area contributed by atoms with Gasteiger partial charge >= 0.3 is 0 Å². The summed E-state index contributed by atoms with van der Waals surface area (Å²) in [5.74, 6) is 0.104. The smallest absolute Gasteiger partial charge is 0.229 e. The van der Waals surface area contributed by atoms with Gasteiger partial charge in [0.2, 0.25) is 5.91 Å². The van der Waals surface area contributed by atoms with E-state index < -0.39 is 0 Å². The molecule has 1 aromatic heterocycles. The van der Waals surface area contributed by atoms with Crippen LogP contribution in [0.1, 0.15) is 19.3 Å². The second-order valence-corrected chi connectivity index (χ2v) is 6.14. The lowest BCUT2D eigenvalue weighted by Crippen LogP contribution is -2.23. The van der Waals surface area contributed by atoms with Crippen LogP contribution < -0.4 is 11.1 Å². The Bertz CT molecular complexity index is 368. The second-order valence-electron chi connectivity index (χ2n) is 3.73. The molecule has 0 bridgehead atoms. The van der Waals surface area contributed by atoms with E-state index in [9.17, 15) is 4.79 Å². The molecule has 0 spiro atoms. The summed E-state index contributed by atoms with van der Waals surface area (Å²) in [6, 6.07) is 0.184. The first-order valence-corrected chi connectivity index (χ1v) is 6.44. The van der Waals surface area contributed by atoms with Crippen molar-refractivity contribution >= 4 is 38.3 Å². The van der Waals surface area contributed by atoms with Gasteiger partial charge in [-0.1, -0.05) is 11.3 Å². The molecule has 0 aliphatic heterocycles. The number of anilines is 1. The lowest BCUT2D eigenvalue weighted by atomic mass is 10.1. The molecule has 82 valence electrons. The van der Waals surface area contributed by atoms with Crippen molar-refractivity contribution in [3.05, 3.63) is 9.98 Å². The lowest BCUT2D eigenvalue weighted by molar-refractivity contribution is -0.119. The van der Waals surface area contributed by atoms with Crippen LogP contribution >= 0.6 is 27.3 Å². The minimum absolute atomic E-state index is 0.0461. The Hall–Kier alpha value is -0.460. The molecule has 1 amide bonds. The molecule has 4 nitrogen and oxygen atoms in total. The maximum absolute atomic E-state index is 11.8. The number of nitrogens with two attached hydrogens (primary N) is 1. The van der Waals surface area contributed by atoms with Crippen LogP contribution in [-0.2, 0) is 4.79 Å². The molecule has 0 saturated heterocycles. The molecule has 1 heterocycles. The fourth-order valence-corrected chi connectivity index (χ4v) is 2.88. The molecule has 0 aromatic carbocycles. The minimum atomic E-state index is 0.0461. The zero-order chi connectivity index (χ0) is 10.8. The van der Waals surface area contributed by atoms with Crippen LogP contribution in [0.25, 0.3) is 0 Å². The van der Waals surface area contributed by atoms with Crippen LogP contribution in [0.15, 0.2) is 9.98 Å².